The van der Waals surface area contributed by atoms with E-state index in [1.165, 1.54) is 4.68 Å². The van der Waals surface area contributed by atoms with Crippen LogP contribution in [0.4, 0.5) is 5.82 Å². The van der Waals surface area contributed by atoms with Gasteiger partial charge in [-0.15, -0.1) is 5.10 Å². The fourth-order valence-corrected chi connectivity index (χ4v) is 1.93. The van der Waals surface area contributed by atoms with Crippen molar-refractivity contribution in [3.05, 3.63) is 53.5 Å². The third-order valence-corrected chi connectivity index (χ3v) is 3.09. The van der Waals surface area contributed by atoms with Crippen LogP contribution in [-0.2, 0) is 6.67 Å². The zero-order valence-electron chi connectivity index (χ0n) is 10.9. The van der Waals surface area contributed by atoms with E-state index in [1.54, 1.807) is 30.5 Å². The van der Waals surface area contributed by atoms with Crippen LogP contribution in [0.2, 0.25) is 0 Å². The fourth-order valence-electron chi connectivity index (χ4n) is 1.75. The first kappa shape index (κ1) is 13.3. The van der Waals surface area contributed by atoms with Crippen LogP contribution in [0.5, 0.6) is 5.75 Å². The Morgan fingerprint density at radius 1 is 1.19 bits per heavy atom. The Balaban J connectivity index is 1.78. The van der Waals surface area contributed by atoms with Crippen molar-refractivity contribution in [3.63, 3.8) is 0 Å². The molecule has 0 saturated heterocycles. The summed E-state index contributed by atoms with van der Waals surface area (Å²) in [5, 5.41) is 16.7. The number of pyridine rings is 1. The van der Waals surface area contributed by atoms with Crippen LogP contribution >= 0.6 is 12.2 Å². The number of hydrogen-bond acceptors (Lipinski definition) is 6. The van der Waals surface area contributed by atoms with Gasteiger partial charge < -0.3 is 14.8 Å². The van der Waals surface area contributed by atoms with Crippen molar-refractivity contribution in [1.82, 2.24) is 14.8 Å². The number of aromatic nitrogens is 3. The maximum absolute atomic E-state index is 9.28. The molecule has 6 nitrogen and oxygen atoms in total. The molecule has 0 saturated carbocycles. The number of rotatable bonds is 4. The summed E-state index contributed by atoms with van der Waals surface area (Å²) < 4.78 is 6.99. The van der Waals surface area contributed by atoms with Crippen molar-refractivity contribution < 1.29 is 9.52 Å². The number of nitrogens with one attached hydrogen (secondary N) is 1. The standard InChI is InChI=1S/C14H12N4O2S/c19-11-6-4-10(5-7-11)13-17-18(14(21)20-13)9-16-12-3-1-2-8-15-12/h1-8,19H,9H2,(H,15,16). The minimum atomic E-state index is 0.189. The highest BCUT2D eigenvalue weighted by atomic mass is 32.1. The maximum Gasteiger partial charge on any atom is 0.289 e. The molecule has 0 bridgehead atoms. The lowest BCUT2D eigenvalue weighted by atomic mass is 10.2. The highest BCUT2D eigenvalue weighted by Gasteiger charge is 2.08. The predicted molar refractivity (Wildman–Crippen MR) is 80.3 cm³/mol. The SMILES string of the molecule is Oc1ccc(-c2nn(CNc3ccccn3)c(=S)o2)cc1. The Morgan fingerprint density at radius 2 is 2.00 bits per heavy atom. The normalized spacial score (nSPS) is 10.5. The highest BCUT2D eigenvalue weighted by molar-refractivity contribution is 7.71. The lowest BCUT2D eigenvalue weighted by molar-refractivity contribution is 0.475. The third-order valence-electron chi connectivity index (χ3n) is 2.80. The largest absolute Gasteiger partial charge is 0.508 e. The first-order chi connectivity index (χ1) is 10.2. The number of anilines is 1. The summed E-state index contributed by atoms with van der Waals surface area (Å²) in [5.74, 6) is 1.32. The topological polar surface area (TPSA) is 76.1 Å². The highest BCUT2D eigenvalue weighted by Crippen LogP contribution is 2.20. The molecular formula is C14H12N4O2S. The van der Waals surface area contributed by atoms with Gasteiger partial charge in [0.25, 0.3) is 4.84 Å². The van der Waals surface area contributed by atoms with E-state index < -0.39 is 0 Å². The number of phenolic OH excluding ortho intramolecular Hbond substituents is 1. The molecule has 2 heterocycles. The summed E-state index contributed by atoms with van der Waals surface area (Å²) in [6, 6.07) is 12.1. The molecule has 2 aromatic heterocycles. The monoisotopic (exact) mass is 300 g/mol. The average molecular weight is 300 g/mol. The number of hydrogen-bond donors (Lipinski definition) is 2. The summed E-state index contributed by atoms with van der Waals surface area (Å²) in [6.07, 6.45) is 1.70. The zero-order valence-corrected chi connectivity index (χ0v) is 11.7. The molecule has 0 unspecified atom stereocenters. The van der Waals surface area contributed by atoms with Crippen LogP contribution in [0.3, 0.4) is 0 Å². The minimum absolute atomic E-state index is 0.189. The van der Waals surface area contributed by atoms with Crippen molar-refractivity contribution in [3.8, 4) is 17.2 Å². The van der Waals surface area contributed by atoms with Crippen LogP contribution < -0.4 is 5.32 Å². The van der Waals surface area contributed by atoms with Gasteiger partial charge in [0.2, 0.25) is 5.89 Å². The van der Waals surface area contributed by atoms with Crippen LogP contribution in [0.1, 0.15) is 0 Å². The van der Waals surface area contributed by atoms with Gasteiger partial charge in [0.05, 0.1) is 0 Å². The van der Waals surface area contributed by atoms with E-state index in [2.05, 4.69) is 15.4 Å². The molecule has 0 aliphatic rings. The van der Waals surface area contributed by atoms with Crippen molar-refractivity contribution in [2.75, 3.05) is 5.32 Å². The number of benzene rings is 1. The Bertz CT molecular complexity index is 781. The van der Waals surface area contributed by atoms with E-state index in [1.807, 2.05) is 18.2 Å². The Labute approximate surface area is 125 Å². The predicted octanol–water partition coefficient (Wildman–Crippen LogP) is 3.04. The summed E-state index contributed by atoms with van der Waals surface area (Å²) in [5.41, 5.74) is 0.746. The smallest absolute Gasteiger partial charge is 0.289 e. The second-order valence-corrected chi connectivity index (χ2v) is 4.62. The number of aromatic hydroxyl groups is 1. The van der Waals surface area contributed by atoms with Gasteiger partial charge in [-0.25, -0.2) is 9.67 Å². The summed E-state index contributed by atoms with van der Waals surface area (Å²) in [4.78, 5) is 4.42. The van der Waals surface area contributed by atoms with Gasteiger partial charge in [0, 0.05) is 11.8 Å². The van der Waals surface area contributed by atoms with Gasteiger partial charge >= 0.3 is 0 Å². The third kappa shape index (κ3) is 3.09. The molecule has 3 rings (SSSR count). The molecule has 21 heavy (non-hydrogen) atoms. The number of nitrogens with zero attached hydrogens (tertiary/aromatic N) is 3. The molecule has 106 valence electrons. The second-order valence-electron chi connectivity index (χ2n) is 4.27. The van der Waals surface area contributed by atoms with E-state index >= 15 is 0 Å². The fraction of sp³-hybridized carbons (Fsp3) is 0.0714. The van der Waals surface area contributed by atoms with Crippen molar-refractivity contribution in [2.24, 2.45) is 0 Å². The molecule has 3 aromatic rings. The van der Waals surface area contributed by atoms with Crippen LogP contribution in [-0.4, -0.2) is 19.9 Å². The van der Waals surface area contributed by atoms with Crippen molar-refractivity contribution >= 4 is 18.0 Å². The zero-order chi connectivity index (χ0) is 14.7. The molecule has 1 aromatic carbocycles. The minimum Gasteiger partial charge on any atom is -0.508 e. The maximum atomic E-state index is 9.28. The van der Waals surface area contributed by atoms with Gasteiger partial charge in [0.1, 0.15) is 18.2 Å². The molecule has 7 heteroatoms. The van der Waals surface area contributed by atoms with Gasteiger partial charge in [-0.2, -0.15) is 0 Å². The molecule has 0 aliphatic heterocycles. The van der Waals surface area contributed by atoms with Crippen LogP contribution in [0.25, 0.3) is 11.5 Å². The molecule has 0 atom stereocenters. The van der Waals surface area contributed by atoms with Crippen LogP contribution in [0.15, 0.2) is 53.1 Å². The van der Waals surface area contributed by atoms with Gasteiger partial charge in [0.15, 0.2) is 0 Å². The second kappa shape index (κ2) is 5.76. The molecule has 2 N–H and O–H groups in total. The Kier molecular flexibility index (Phi) is 3.65. The quantitative estimate of drug-likeness (QED) is 0.721. The lowest BCUT2D eigenvalue weighted by Gasteiger charge is -2.03. The molecule has 0 spiro atoms. The lowest BCUT2D eigenvalue weighted by Crippen LogP contribution is -2.10. The molecule has 0 radical (unpaired) electrons. The number of phenols is 1. The Hall–Kier alpha value is -2.67. The van der Waals surface area contributed by atoms with Gasteiger partial charge in [-0.3, -0.25) is 0 Å². The average Bonchev–Trinajstić information content (AvgIpc) is 2.88. The van der Waals surface area contributed by atoms with E-state index in [-0.39, 0.29) is 10.6 Å². The van der Waals surface area contributed by atoms with Gasteiger partial charge in [-0.1, -0.05) is 6.07 Å². The first-order valence-corrected chi connectivity index (χ1v) is 6.65. The Morgan fingerprint density at radius 3 is 2.71 bits per heavy atom. The molecule has 0 aliphatic carbocycles. The molecular weight excluding hydrogens is 288 g/mol. The van der Waals surface area contributed by atoms with E-state index in [0.29, 0.717) is 12.6 Å². The van der Waals surface area contributed by atoms with Crippen LogP contribution in [0, 0.1) is 4.84 Å². The molecule has 0 fully saturated rings. The summed E-state index contributed by atoms with van der Waals surface area (Å²) in [6.45, 7) is 0.359. The van der Waals surface area contributed by atoms with E-state index in [4.69, 9.17) is 16.6 Å². The van der Waals surface area contributed by atoms with Gasteiger partial charge in [-0.05, 0) is 48.6 Å². The summed E-state index contributed by atoms with van der Waals surface area (Å²) in [7, 11) is 0. The van der Waals surface area contributed by atoms with Crippen molar-refractivity contribution in [1.29, 1.82) is 0 Å². The summed E-state index contributed by atoms with van der Waals surface area (Å²) >= 11 is 5.14. The molecule has 0 amide bonds. The van der Waals surface area contributed by atoms with Crippen molar-refractivity contribution in [2.45, 2.75) is 6.67 Å². The van der Waals surface area contributed by atoms with E-state index in [0.717, 1.165) is 11.4 Å². The van der Waals surface area contributed by atoms with E-state index in [9.17, 15) is 5.11 Å². The first-order valence-electron chi connectivity index (χ1n) is 6.24.